The van der Waals surface area contributed by atoms with Crippen LogP contribution in [0.15, 0.2) is 29.2 Å². The van der Waals surface area contributed by atoms with E-state index >= 15 is 0 Å². The molecule has 2 aromatic rings. The number of carboxylic acid groups (broad SMARTS) is 1. The molecule has 0 amide bonds. The second-order valence-corrected chi connectivity index (χ2v) is 6.69. The average molecular weight is 315 g/mol. The molecule has 2 heterocycles. The minimum absolute atomic E-state index is 0.288. The maximum atomic E-state index is 12.3. The first-order valence-electron chi connectivity index (χ1n) is 7.37. The fraction of sp³-hybridized carbons (Fsp3) is 0.375. The van der Waals surface area contributed by atoms with Crippen LogP contribution in [0.2, 0.25) is 0 Å². The minimum atomic E-state index is -1.26. The van der Waals surface area contributed by atoms with Gasteiger partial charge in [-0.15, -0.1) is 0 Å². The zero-order chi connectivity index (χ0) is 17.0. The van der Waals surface area contributed by atoms with E-state index in [1.807, 2.05) is 27.7 Å². The quantitative estimate of drug-likeness (QED) is 0.821. The number of fused-ring (bicyclic) bond motifs is 1. The van der Waals surface area contributed by atoms with Crippen molar-refractivity contribution in [3.63, 3.8) is 0 Å². The summed E-state index contributed by atoms with van der Waals surface area (Å²) in [5.74, 6) is -1.26. The Bertz CT molecular complexity index is 839. The van der Waals surface area contributed by atoms with Gasteiger partial charge in [-0.25, -0.2) is 4.79 Å². The van der Waals surface area contributed by atoms with Gasteiger partial charge in [-0.1, -0.05) is 12.1 Å². The Morgan fingerprint density at radius 2 is 1.78 bits per heavy atom. The van der Waals surface area contributed by atoms with Gasteiger partial charge in [0.2, 0.25) is 5.43 Å². The van der Waals surface area contributed by atoms with E-state index < -0.39 is 29.7 Å². The average Bonchev–Trinajstić information content (AvgIpc) is 2.67. The van der Waals surface area contributed by atoms with E-state index in [0.29, 0.717) is 16.4 Å². The number of nitrogens with one attached hydrogen (secondary N) is 1. The fourth-order valence-electron chi connectivity index (χ4n) is 2.60. The van der Waals surface area contributed by atoms with E-state index in [1.165, 1.54) is 6.20 Å². The number of aromatic nitrogens is 1. The summed E-state index contributed by atoms with van der Waals surface area (Å²) in [6.45, 7) is 7.79. The van der Waals surface area contributed by atoms with Crippen molar-refractivity contribution in [3.8, 4) is 0 Å². The number of hydrogen-bond donors (Lipinski definition) is 2. The van der Waals surface area contributed by atoms with Gasteiger partial charge in [-0.3, -0.25) is 4.79 Å². The molecule has 1 aromatic heterocycles. The van der Waals surface area contributed by atoms with Crippen LogP contribution in [0, 0.1) is 0 Å². The Kier molecular flexibility index (Phi) is 3.39. The maximum Gasteiger partial charge on any atom is 0.497 e. The molecule has 0 bridgehead atoms. The highest BCUT2D eigenvalue weighted by Crippen LogP contribution is 2.36. The van der Waals surface area contributed by atoms with E-state index in [4.69, 9.17) is 14.4 Å². The standard InChI is InChI=1S/C16H18BNO5/c1-15(2)16(3,4)23-17(22-15)11-7-5-6-9-12(11)18-8-10(13(9)19)14(20)21/h5-8H,1-4H3,(H,18,19)(H,20,21). The molecule has 1 saturated heterocycles. The van der Waals surface area contributed by atoms with E-state index in [0.717, 1.165) is 0 Å². The lowest BCUT2D eigenvalue weighted by atomic mass is 9.77. The first kappa shape index (κ1) is 15.8. The highest BCUT2D eigenvalue weighted by Gasteiger charge is 2.52. The van der Waals surface area contributed by atoms with Crippen LogP contribution in [-0.4, -0.2) is 34.4 Å². The molecule has 1 aliphatic heterocycles. The molecule has 0 aliphatic carbocycles. The number of aromatic amines is 1. The minimum Gasteiger partial charge on any atom is -0.477 e. The Morgan fingerprint density at radius 1 is 1.17 bits per heavy atom. The highest BCUT2D eigenvalue weighted by atomic mass is 16.7. The number of pyridine rings is 1. The molecule has 6 nitrogen and oxygen atoms in total. The third-order valence-corrected chi connectivity index (χ3v) is 4.68. The number of rotatable bonds is 2. The largest absolute Gasteiger partial charge is 0.497 e. The predicted molar refractivity (Wildman–Crippen MR) is 87.2 cm³/mol. The van der Waals surface area contributed by atoms with Gasteiger partial charge in [0.25, 0.3) is 0 Å². The number of carboxylic acids is 1. The molecule has 23 heavy (non-hydrogen) atoms. The summed E-state index contributed by atoms with van der Waals surface area (Å²) >= 11 is 0. The third-order valence-electron chi connectivity index (χ3n) is 4.68. The number of carbonyl (C=O) groups is 1. The molecule has 0 unspecified atom stereocenters. The molecule has 0 spiro atoms. The molecule has 0 radical (unpaired) electrons. The van der Waals surface area contributed by atoms with E-state index in [-0.39, 0.29) is 5.56 Å². The van der Waals surface area contributed by atoms with Gasteiger partial charge in [0.15, 0.2) is 0 Å². The van der Waals surface area contributed by atoms with Crippen LogP contribution in [0.3, 0.4) is 0 Å². The van der Waals surface area contributed by atoms with Crippen molar-refractivity contribution in [3.05, 3.63) is 40.2 Å². The molecule has 1 aliphatic rings. The molecule has 3 rings (SSSR count). The fourth-order valence-corrected chi connectivity index (χ4v) is 2.60. The van der Waals surface area contributed by atoms with Crippen LogP contribution in [0.5, 0.6) is 0 Å². The summed E-state index contributed by atoms with van der Waals surface area (Å²) in [7, 11) is -0.630. The third kappa shape index (κ3) is 2.36. The second kappa shape index (κ2) is 4.94. The van der Waals surface area contributed by atoms with Crippen LogP contribution in [0.4, 0.5) is 0 Å². The number of aromatic carboxylic acids is 1. The first-order valence-corrected chi connectivity index (χ1v) is 7.37. The number of H-pyrrole nitrogens is 1. The Morgan fingerprint density at radius 3 is 2.35 bits per heavy atom. The molecular formula is C16H18BNO5. The van der Waals surface area contributed by atoms with E-state index in [9.17, 15) is 9.59 Å². The van der Waals surface area contributed by atoms with Gasteiger partial charge in [-0.05, 0) is 33.8 Å². The van der Waals surface area contributed by atoms with Gasteiger partial charge < -0.3 is 19.4 Å². The van der Waals surface area contributed by atoms with Crippen molar-refractivity contribution in [1.29, 1.82) is 0 Å². The van der Waals surface area contributed by atoms with Crippen molar-refractivity contribution in [1.82, 2.24) is 4.98 Å². The van der Waals surface area contributed by atoms with E-state index in [1.54, 1.807) is 18.2 Å². The number of benzene rings is 1. The summed E-state index contributed by atoms with van der Waals surface area (Å²) in [6, 6.07) is 5.10. The lowest BCUT2D eigenvalue weighted by Crippen LogP contribution is -2.41. The summed E-state index contributed by atoms with van der Waals surface area (Å²) in [5, 5.41) is 9.38. The van der Waals surface area contributed by atoms with Crippen molar-refractivity contribution >= 4 is 29.5 Å². The lowest BCUT2D eigenvalue weighted by molar-refractivity contribution is 0.00578. The number of para-hydroxylation sites is 1. The van der Waals surface area contributed by atoms with Crippen molar-refractivity contribution in [2.75, 3.05) is 0 Å². The van der Waals surface area contributed by atoms with Gasteiger partial charge in [0, 0.05) is 22.6 Å². The number of hydrogen-bond acceptors (Lipinski definition) is 4. The molecule has 1 aromatic carbocycles. The zero-order valence-corrected chi connectivity index (χ0v) is 13.5. The summed E-state index contributed by atoms with van der Waals surface area (Å²) in [6.07, 6.45) is 1.21. The lowest BCUT2D eigenvalue weighted by Gasteiger charge is -2.32. The van der Waals surface area contributed by atoms with Gasteiger partial charge >= 0.3 is 13.1 Å². The van der Waals surface area contributed by atoms with Crippen LogP contribution >= 0.6 is 0 Å². The van der Waals surface area contributed by atoms with Crippen molar-refractivity contribution in [2.24, 2.45) is 0 Å². The molecule has 2 N–H and O–H groups in total. The maximum absolute atomic E-state index is 12.3. The predicted octanol–water partition coefficient (Wildman–Crippen LogP) is 1.53. The smallest absolute Gasteiger partial charge is 0.477 e. The topological polar surface area (TPSA) is 88.6 Å². The van der Waals surface area contributed by atoms with Crippen LogP contribution in [-0.2, 0) is 9.31 Å². The SMILES string of the molecule is CC1(C)OB(c2cccc3c(=O)c(C(=O)O)c[nH]c23)OC1(C)C. The molecule has 120 valence electrons. The summed E-state index contributed by atoms with van der Waals surface area (Å²) in [4.78, 5) is 26.3. The Balaban J connectivity index is 2.16. The Hall–Kier alpha value is -2.12. The van der Waals surface area contributed by atoms with Crippen molar-refractivity contribution < 1.29 is 19.2 Å². The molecule has 0 atom stereocenters. The molecule has 0 saturated carbocycles. The van der Waals surface area contributed by atoms with Crippen LogP contribution < -0.4 is 10.9 Å². The monoisotopic (exact) mass is 315 g/mol. The highest BCUT2D eigenvalue weighted by molar-refractivity contribution is 6.64. The Labute approximate surface area is 133 Å². The second-order valence-electron chi connectivity index (χ2n) is 6.69. The summed E-state index contributed by atoms with van der Waals surface area (Å²) in [5.41, 5.74) is -0.605. The summed E-state index contributed by atoms with van der Waals surface area (Å²) < 4.78 is 12.0. The molecular weight excluding hydrogens is 297 g/mol. The van der Waals surface area contributed by atoms with Gasteiger partial charge in [0.05, 0.1) is 11.2 Å². The molecule has 1 fully saturated rings. The van der Waals surface area contributed by atoms with Gasteiger partial charge in [0.1, 0.15) is 5.56 Å². The molecule has 7 heteroatoms. The first-order chi connectivity index (χ1) is 10.6. The van der Waals surface area contributed by atoms with Gasteiger partial charge in [-0.2, -0.15) is 0 Å². The zero-order valence-electron chi connectivity index (χ0n) is 13.5. The van der Waals surface area contributed by atoms with Crippen molar-refractivity contribution in [2.45, 2.75) is 38.9 Å². The van der Waals surface area contributed by atoms with Crippen LogP contribution in [0.1, 0.15) is 38.1 Å². The van der Waals surface area contributed by atoms with E-state index in [2.05, 4.69) is 4.98 Å². The van der Waals surface area contributed by atoms with Crippen LogP contribution in [0.25, 0.3) is 10.9 Å². The normalized spacial score (nSPS) is 19.2.